The Morgan fingerprint density at radius 1 is 1.39 bits per heavy atom. The lowest BCUT2D eigenvalue weighted by molar-refractivity contribution is -0.161. The van der Waals surface area contributed by atoms with Crippen molar-refractivity contribution < 1.29 is 34.1 Å². The quantitative estimate of drug-likeness (QED) is 0.105. The van der Waals surface area contributed by atoms with Crippen LogP contribution >= 0.6 is 11.8 Å². The molecule has 0 spiro atoms. The summed E-state index contributed by atoms with van der Waals surface area (Å²) >= 11 is 1.27. The number of aromatic hydroxyl groups is 1. The van der Waals surface area contributed by atoms with Crippen LogP contribution in [-0.4, -0.2) is 61.1 Å². The van der Waals surface area contributed by atoms with E-state index in [-0.39, 0.29) is 23.6 Å². The minimum atomic E-state index is -1.12. The van der Waals surface area contributed by atoms with E-state index >= 15 is 0 Å². The molecule has 3 atom stereocenters. The number of β-lactam (4-membered cyclic amide) rings is 1. The highest BCUT2D eigenvalue weighted by Gasteiger charge is 2.64. The van der Waals surface area contributed by atoms with Gasteiger partial charge in [0.1, 0.15) is 35.4 Å². The van der Waals surface area contributed by atoms with Gasteiger partial charge < -0.3 is 25.2 Å². The lowest BCUT2D eigenvalue weighted by atomic mass is 9.96. The maximum absolute atomic E-state index is 12.4. The molecule has 3 rings (SSSR count). The molecule has 2 heterocycles. The van der Waals surface area contributed by atoms with Crippen LogP contribution < -0.4 is 10.1 Å². The summed E-state index contributed by atoms with van der Waals surface area (Å²) in [5, 5.41) is 24.4. The molecule has 0 aliphatic carbocycles. The molecule has 164 valence electrons. The number of fused-ring (bicyclic) bond motifs is 1. The van der Waals surface area contributed by atoms with Crippen LogP contribution in [0, 0.1) is 0 Å². The normalized spacial score (nSPS) is 23.2. The van der Waals surface area contributed by atoms with Gasteiger partial charge in [-0.05, 0) is 37.6 Å². The van der Waals surface area contributed by atoms with Crippen molar-refractivity contribution >= 4 is 35.5 Å². The number of carboxylic acid groups (broad SMARTS) is 1. The Kier molecular flexibility index (Phi) is 6.00. The topological polar surface area (TPSA) is 182 Å². The van der Waals surface area contributed by atoms with Crippen molar-refractivity contribution in [2.75, 3.05) is 0 Å². The number of nitrogens with one attached hydrogen (secondary N) is 1. The summed E-state index contributed by atoms with van der Waals surface area (Å²) in [5.41, 5.74) is 8.60. The van der Waals surface area contributed by atoms with Crippen molar-refractivity contribution in [2.45, 2.75) is 49.0 Å². The summed E-state index contributed by atoms with van der Waals surface area (Å²) < 4.78 is 4.34. The molecule has 3 unspecified atom stereocenters. The standard InChI is InChI=1S/C18H19N5O7S/c1-18(2)14(17(28)29)23-15(27)13(16(23)31-18)21-11(25)6-12(26)30-9-3-4-10(24)8(5-9)7-20-22-19/h3-5,13-14,16,24H,6-7H2,1-2H3,(H,21,25)(H,28,29). The van der Waals surface area contributed by atoms with Crippen LogP contribution in [0.1, 0.15) is 25.8 Å². The zero-order chi connectivity index (χ0) is 22.9. The first-order valence-electron chi connectivity index (χ1n) is 9.10. The van der Waals surface area contributed by atoms with E-state index < -0.39 is 52.4 Å². The van der Waals surface area contributed by atoms with E-state index in [1.165, 1.54) is 34.9 Å². The maximum atomic E-state index is 12.4. The highest BCUT2D eigenvalue weighted by atomic mass is 32.2. The number of esters is 1. The van der Waals surface area contributed by atoms with Crippen LogP contribution in [0.5, 0.6) is 11.5 Å². The number of phenolic OH excluding ortho intramolecular Hbond substituents is 1. The zero-order valence-corrected chi connectivity index (χ0v) is 17.3. The summed E-state index contributed by atoms with van der Waals surface area (Å²) in [6.45, 7) is 3.28. The van der Waals surface area contributed by atoms with Gasteiger partial charge in [0.05, 0.1) is 6.54 Å². The summed E-state index contributed by atoms with van der Waals surface area (Å²) in [6.07, 6.45) is -0.667. The second kappa shape index (κ2) is 8.36. The van der Waals surface area contributed by atoms with E-state index in [4.69, 9.17) is 10.3 Å². The van der Waals surface area contributed by atoms with Crippen molar-refractivity contribution in [1.29, 1.82) is 0 Å². The van der Waals surface area contributed by atoms with Gasteiger partial charge in [-0.2, -0.15) is 0 Å². The van der Waals surface area contributed by atoms with Gasteiger partial charge in [-0.15, -0.1) is 11.8 Å². The Balaban J connectivity index is 1.57. The number of rotatable bonds is 7. The molecule has 2 aliphatic heterocycles. The van der Waals surface area contributed by atoms with E-state index in [0.29, 0.717) is 0 Å². The van der Waals surface area contributed by atoms with E-state index in [1.54, 1.807) is 13.8 Å². The highest BCUT2D eigenvalue weighted by molar-refractivity contribution is 8.01. The third kappa shape index (κ3) is 4.37. The first kappa shape index (κ1) is 22.2. The fourth-order valence-electron chi connectivity index (χ4n) is 3.53. The summed E-state index contributed by atoms with van der Waals surface area (Å²) in [6, 6.07) is 1.95. The number of thioether (sulfide) groups is 1. The molecule has 13 heteroatoms. The monoisotopic (exact) mass is 449 g/mol. The molecule has 2 aliphatic rings. The molecule has 3 N–H and O–H groups in total. The minimum absolute atomic E-state index is 0.0435. The second-order valence-corrected chi connectivity index (χ2v) is 9.24. The molecule has 2 fully saturated rings. The number of hydrogen-bond acceptors (Lipinski definition) is 8. The number of hydrogen-bond donors (Lipinski definition) is 3. The lowest BCUT2D eigenvalue weighted by Gasteiger charge is -2.43. The van der Waals surface area contributed by atoms with E-state index in [0.717, 1.165) is 0 Å². The lowest BCUT2D eigenvalue weighted by Crippen LogP contribution is -2.70. The van der Waals surface area contributed by atoms with Crippen molar-refractivity contribution in [2.24, 2.45) is 5.11 Å². The smallest absolute Gasteiger partial charge is 0.327 e. The van der Waals surface area contributed by atoms with Crippen molar-refractivity contribution in [3.63, 3.8) is 0 Å². The summed E-state index contributed by atoms with van der Waals surface area (Å²) in [4.78, 5) is 52.0. The van der Waals surface area contributed by atoms with Gasteiger partial charge in [0.2, 0.25) is 11.8 Å². The maximum Gasteiger partial charge on any atom is 0.327 e. The molecule has 0 aromatic heterocycles. The molecule has 2 saturated heterocycles. The first-order chi connectivity index (χ1) is 14.5. The Hall–Kier alpha value is -3.44. The van der Waals surface area contributed by atoms with E-state index in [1.807, 2.05) is 0 Å². The van der Waals surface area contributed by atoms with Crippen LogP contribution in [0.2, 0.25) is 0 Å². The number of carbonyl (C=O) groups excluding carboxylic acids is 3. The van der Waals surface area contributed by atoms with E-state index in [2.05, 4.69) is 15.3 Å². The summed E-state index contributed by atoms with van der Waals surface area (Å²) in [5.74, 6) is -3.37. The van der Waals surface area contributed by atoms with Gasteiger partial charge in [0.25, 0.3) is 0 Å². The molecule has 2 amide bonds. The van der Waals surface area contributed by atoms with Crippen LogP contribution in [0.4, 0.5) is 0 Å². The largest absolute Gasteiger partial charge is 0.508 e. The summed E-state index contributed by atoms with van der Waals surface area (Å²) in [7, 11) is 0. The van der Waals surface area contributed by atoms with Crippen molar-refractivity contribution in [3.8, 4) is 11.5 Å². The number of ether oxygens (including phenoxy) is 1. The van der Waals surface area contributed by atoms with Gasteiger partial charge in [0, 0.05) is 15.2 Å². The van der Waals surface area contributed by atoms with Crippen LogP contribution in [0.3, 0.4) is 0 Å². The second-order valence-electron chi connectivity index (χ2n) is 7.47. The zero-order valence-electron chi connectivity index (χ0n) is 16.5. The number of carbonyl (C=O) groups is 4. The molecular weight excluding hydrogens is 430 g/mol. The fraction of sp³-hybridized carbons (Fsp3) is 0.444. The SMILES string of the molecule is CC1(C)SC2C(NC(=O)CC(=O)Oc3ccc(O)c(CN=[N+]=[N-])c3)C(=O)N2C1C(=O)O. The Morgan fingerprint density at radius 2 is 2.10 bits per heavy atom. The fourth-order valence-corrected chi connectivity index (χ4v) is 5.15. The molecule has 0 radical (unpaired) electrons. The van der Waals surface area contributed by atoms with Gasteiger partial charge in [-0.1, -0.05) is 5.11 Å². The number of nitrogens with zero attached hydrogens (tertiary/aromatic N) is 4. The van der Waals surface area contributed by atoms with Crippen LogP contribution in [-0.2, 0) is 25.7 Å². The van der Waals surface area contributed by atoms with Gasteiger partial charge in [0.15, 0.2) is 0 Å². The van der Waals surface area contributed by atoms with Gasteiger partial charge in [-0.25, -0.2) is 4.79 Å². The molecule has 0 saturated carbocycles. The Bertz CT molecular complexity index is 1010. The van der Waals surface area contributed by atoms with Crippen molar-refractivity contribution in [1.82, 2.24) is 10.2 Å². The first-order valence-corrected chi connectivity index (χ1v) is 9.98. The molecule has 31 heavy (non-hydrogen) atoms. The number of azide groups is 1. The number of carboxylic acids is 1. The van der Waals surface area contributed by atoms with E-state index in [9.17, 15) is 29.4 Å². The molecule has 1 aromatic carbocycles. The predicted octanol–water partition coefficient (Wildman–Crippen LogP) is 1.13. The predicted molar refractivity (Wildman–Crippen MR) is 107 cm³/mol. The highest BCUT2D eigenvalue weighted by Crippen LogP contribution is 2.50. The van der Waals surface area contributed by atoms with Crippen LogP contribution in [0.25, 0.3) is 10.4 Å². The average Bonchev–Trinajstić information content (AvgIpc) is 2.94. The number of benzene rings is 1. The van der Waals surface area contributed by atoms with Crippen molar-refractivity contribution in [3.05, 3.63) is 34.2 Å². The average molecular weight is 449 g/mol. The number of phenols is 1. The molecule has 12 nitrogen and oxygen atoms in total. The Morgan fingerprint density at radius 3 is 2.74 bits per heavy atom. The number of aliphatic carboxylic acids is 1. The van der Waals surface area contributed by atoms with Crippen LogP contribution in [0.15, 0.2) is 23.3 Å². The molecule has 0 bridgehead atoms. The third-order valence-corrected chi connectivity index (χ3v) is 6.45. The third-order valence-electron chi connectivity index (χ3n) is 4.88. The molecular formula is C18H19N5O7S. The van der Waals surface area contributed by atoms with Gasteiger partial charge in [-0.3, -0.25) is 14.4 Å². The Labute approximate surface area is 180 Å². The number of amides is 2. The minimum Gasteiger partial charge on any atom is -0.508 e. The molecule has 1 aromatic rings. The van der Waals surface area contributed by atoms with Gasteiger partial charge >= 0.3 is 11.9 Å².